The molecule has 2 rings (SSSR count). The minimum Gasteiger partial charge on any atom is -0.478 e. The minimum absolute atomic E-state index is 0.0717. The summed E-state index contributed by atoms with van der Waals surface area (Å²) in [5, 5.41) is 18.6. The molecule has 19 heavy (non-hydrogen) atoms. The zero-order chi connectivity index (χ0) is 14.0. The van der Waals surface area contributed by atoms with Gasteiger partial charge >= 0.3 is 5.97 Å². The molecule has 0 radical (unpaired) electrons. The topological polar surface area (TPSA) is 79.5 Å². The van der Waals surface area contributed by atoms with E-state index in [9.17, 15) is 9.59 Å². The van der Waals surface area contributed by atoms with Gasteiger partial charge in [-0.2, -0.15) is 0 Å². The lowest BCUT2D eigenvalue weighted by molar-refractivity contribution is 0.0696. The smallest absolute Gasteiger partial charge is 0.335 e. The number of carboxylic acids is 1. The number of carbonyl (C=O) groups is 2. The van der Waals surface area contributed by atoms with Crippen LogP contribution >= 0.6 is 0 Å². The predicted octanol–water partition coefficient (Wildman–Crippen LogP) is 1.84. The van der Waals surface area contributed by atoms with E-state index < -0.39 is 5.97 Å². The fourth-order valence-corrected chi connectivity index (χ4v) is 2.22. The minimum atomic E-state index is -1.00. The van der Waals surface area contributed by atoms with Gasteiger partial charge in [0.2, 0.25) is 0 Å². The molecule has 0 aliphatic rings. The standard InChI is InChI=1S/C14H15NO4/c1-9-5-13-12(6-11(9)14(18)19)10(8-17)7-15(13)3-2-4-16/h5-8,16H,2-4H2,1H3,(H,18,19). The van der Waals surface area contributed by atoms with Gasteiger partial charge in [-0.25, -0.2) is 4.79 Å². The Balaban J connectivity index is 2.65. The van der Waals surface area contributed by atoms with Crippen LogP contribution in [0.4, 0.5) is 0 Å². The van der Waals surface area contributed by atoms with Crippen LogP contribution in [0, 0.1) is 6.92 Å². The third kappa shape index (κ3) is 2.37. The van der Waals surface area contributed by atoms with Gasteiger partial charge < -0.3 is 14.8 Å². The third-order valence-corrected chi connectivity index (χ3v) is 3.17. The van der Waals surface area contributed by atoms with Crippen LogP contribution in [0.2, 0.25) is 0 Å². The van der Waals surface area contributed by atoms with E-state index in [4.69, 9.17) is 10.2 Å². The Labute approximate surface area is 110 Å². The molecule has 0 aliphatic carbocycles. The summed E-state index contributed by atoms with van der Waals surface area (Å²) in [6, 6.07) is 3.30. The number of hydrogen-bond acceptors (Lipinski definition) is 3. The molecule has 1 aromatic carbocycles. The molecular weight excluding hydrogens is 246 g/mol. The maximum Gasteiger partial charge on any atom is 0.335 e. The summed E-state index contributed by atoms with van der Waals surface area (Å²) in [6.07, 6.45) is 3.00. The molecule has 2 N–H and O–H groups in total. The zero-order valence-corrected chi connectivity index (χ0v) is 10.6. The average molecular weight is 261 g/mol. The SMILES string of the molecule is Cc1cc2c(cc1C(=O)O)c(C=O)cn2CCCO. The van der Waals surface area contributed by atoms with Gasteiger partial charge in [0.05, 0.1) is 5.56 Å². The fraction of sp³-hybridized carbons (Fsp3) is 0.286. The van der Waals surface area contributed by atoms with Gasteiger partial charge in [-0.15, -0.1) is 0 Å². The molecular formula is C14H15NO4. The lowest BCUT2D eigenvalue weighted by Crippen LogP contribution is -2.01. The van der Waals surface area contributed by atoms with Crippen LogP contribution in [0.25, 0.3) is 10.9 Å². The van der Waals surface area contributed by atoms with Crippen LogP contribution in [-0.4, -0.2) is 33.6 Å². The van der Waals surface area contributed by atoms with Crippen molar-refractivity contribution in [2.45, 2.75) is 19.9 Å². The monoisotopic (exact) mass is 261 g/mol. The Kier molecular flexibility index (Phi) is 3.66. The van der Waals surface area contributed by atoms with E-state index in [-0.39, 0.29) is 12.2 Å². The highest BCUT2D eigenvalue weighted by molar-refractivity contribution is 6.02. The van der Waals surface area contributed by atoms with E-state index in [0.717, 1.165) is 11.8 Å². The number of aromatic nitrogens is 1. The number of carboxylic acid groups (broad SMARTS) is 1. The number of carbonyl (C=O) groups excluding carboxylic acids is 1. The van der Waals surface area contributed by atoms with Gasteiger partial charge in [-0.3, -0.25) is 4.79 Å². The van der Waals surface area contributed by atoms with Crippen LogP contribution in [0.5, 0.6) is 0 Å². The number of aliphatic hydroxyl groups excluding tert-OH is 1. The normalized spacial score (nSPS) is 10.8. The van der Waals surface area contributed by atoms with Crippen LogP contribution in [0.1, 0.15) is 32.7 Å². The Bertz CT molecular complexity index is 642. The fourth-order valence-electron chi connectivity index (χ4n) is 2.22. The lowest BCUT2D eigenvalue weighted by Gasteiger charge is -2.06. The molecule has 1 heterocycles. The van der Waals surface area contributed by atoms with E-state index in [0.29, 0.717) is 29.5 Å². The molecule has 0 fully saturated rings. The molecule has 0 saturated carbocycles. The first-order chi connectivity index (χ1) is 9.08. The maximum absolute atomic E-state index is 11.1. The van der Waals surface area contributed by atoms with E-state index in [1.807, 2.05) is 4.57 Å². The molecule has 0 spiro atoms. The Morgan fingerprint density at radius 2 is 2.16 bits per heavy atom. The van der Waals surface area contributed by atoms with E-state index in [1.54, 1.807) is 19.2 Å². The van der Waals surface area contributed by atoms with Gasteiger partial charge in [-0.05, 0) is 31.0 Å². The van der Waals surface area contributed by atoms with E-state index >= 15 is 0 Å². The molecule has 0 unspecified atom stereocenters. The van der Waals surface area contributed by atoms with Crippen molar-refractivity contribution in [1.82, 2.24) is 4.57 Å². The molecule has 5 heteroatoms. The molecule has 1 aromatic heterocycles. The molecule has 5 nitrogen and oxygen atoms in total. The number of rotatable bonds is 5. The number of nitrogens with zero attached hydrogens (tertiary/aromatic N) is 1. The predicted molar refractivity (Wildman–Crippen MR) is 70.7 cm³/mol. The molecule has 0 aliphatic heterocycles. The number of fused-ring (bicyclic) bond motifs is 1. The van der Waals surface area contributed by atoms with Crippen molar-refractivity contribution < 1.29 is 19.8 Å². The summed E-state index contributed by atoms with van der Waals surface area (Å²) in [5.41, 5.74) is 2.14. The summed E-state index contributed by atoms with van der Waals surface area (Å²) in [6.45, 7) is 2.39. The number of hydrogen-bond donors (Lipinski definition) is 2. The number of aldehydes is 1. The van der Waals surface area contributed by atoms with Crippen LogP contribution in [-0.2, 0) is 6.54 Å². The van der Waals surface area contributed by atoms with Crippen LogP contribution < -0.4 is 0 Å². The van der Waals surface area contributed by atoms with Gasteiger partial charge in [-0.1, -0.05) is 0 Å². The third-order valence-electron chi connectivity index (χ3n) is 3.17. The van der Waals surface area contributed by atoms with Gasteiger partial charge in [0.15, 0.2) is 6.29 Å². The van der Waals surface area contributed by atoms with Crippen molar-refractivity contribution in [3.63, 3.8) is 0 Å². The molecule has 100 valence electrons. The lowest BCUT2D eigenvalue weighted by atomic mass is 10.0. The first kappa shape index (κ1) is 13.3. The highest BCUT2D eigenvalue weighted by atomic mass is 16.4. The molecule has 0 saturated heterocycles. The zero-order valence-electron chi connectivity index (χ0n) is 10.6. The largest absolute Gasteiger partial charge is 0.478 e. The van der Waals surface area contributed by atoms with Crippen molar-refractivity contribution in [3.8, 4) is 0 Å². The highest BCUT2D eigenvalue weighted by Crippen LogP contribution is 2.25. The maximum atomic E-state index is 11.1. The van der Waals surface area contributed by atoms with Gasteiger partial charge in [0.1, 0.15) is 0 Å². The highest BCUT2D eigenvalue weighted by Gasteiger charge is 2.14. The van der Waals surface area contributed by atoms with E-state index in [1.165, 1.54) is 6.07 Å². The Hall–Kier alpha value is -2.14. The molecule has 0 amide bonds. The second-order valence-corrected chi connectivity index (χ2v) is 4.46. The summed E-state index contributed by atoms with van der Waals surface area (Å²) in [4.78, 5) is 22.2. The summed E-state index contributed by atoms with van der Waals surface area (Å²) in [5.74, 6) is -1.00. The molecule has 0 bridgehead atoms. The molecule has 2 aromatic rings. The first-order valence-electron chi connectivity index (χ1n) is 6.01. The Morgan fingerprint density at radius 1 is 1.42 bits per heavy atom. The Morgan fingerprint density at radius 3 is 2.74 bits per heavy atom. The van der Waals surface area contributed by atoms with Crippen molar-refractivity contribution in [2.24, 2.45) is 0 Å². The quantitative estimate of drug-likeness (QED) is 0.805. The van der Waals surface area contributed by atoms with Crippen molar-refractivity contribution in [2.75, 3.05) is 6.61 Å². The van der Waals surface area contributed by atoms with Crippen molar-refractivity contribution >= 4 is 23.2 Å². The second kappa shape index (κ2) is 5.24. The number of aromatic carboxylic acids is 1. The van der Waals surface area contributed by atoms with Crippen molar-refractivity contribution in [1.29, 1.82) is 0 Å². The number of aliphatic hydroxyl groups is 1. The molecule has 0 atom stereocenters. The first-order valence-corrected chi connectivity index (χ1v) is 6.01. The van der Waals surface area contributed by atoms with Crippen LogP contribution in [0.3, 0.4) is 0 Å². The average Bonchev–Trinajstić information content (AvgIpc) is 2.72. The van der Waals surface area contributed by atoms with E-state index in [2.05, 4.69) is 0 Å². The second-order valence-electron chi connectivity index (χ2n) is 4.46. The number of benzene rings is 1. The summed E-state index contributed by atoms with van der Waals surface area (Å²) >= 11 is 0. The summed E-state index contributed by atoms with van der Waals surface area (Å²) < 4.78 is 1.87. The van der Waals surface area contributed by atoms with Gasteiger partial charge in [0, 0.05) is 35.8 Å². The van der Waals surface area contributed by atoms with Crippen LogP contribution in [0.15, 0.2) is 18.3 Å². The summed E-state index contributed by atoms with van der Waals surface area (Å²) in [7, 11) is 0. The van der Waals surface area contributed by atoms with Crippen molar-refractivity contribution in [3.05, 3.63) is 35.0 Å². The number of aryl methyl sites for hydroxylation is 2. The van der Waals surface area contributed by atoms with Gasteiger partial charge in [0.25, 0.3) is 0 Å².